The van der Waals surface area contributed by atoms with Crippen LogP contribution in [0.4, 0.5) is 10.5 Å². The van der Waals surface area contributed by atoms with Gasteiger partial charge in [0.25, 0.3) is 5.08 Å². The lowest BCUT2D eigenvalue weighted by molar-refractivity contribution is 0.0843. The maximum Gasteiger partial charge on any atom is 0.511 e. The van der Waals surface area contributed by atoms with Crippen LogP contribution in [0.2, 0.25) is 5.02 Å². The molecule has 0 spiro atoms. The summed E-state index contributed by atoms with van der Waals surface area (Å²) >= 11 is 6.54. The smallest absolute Gasteiger partial charge is 0.487 e. The monoisotopic (exact) mass is 583 g/mol. The maximum atomic E-state index is 12.9. The SMILES string of the molecule is CC1COc2c(N3CCN(CC(O)(P(=O)(O)O)P(=O)(O)O)CC3)c(Cl)cc3c(=O)c(OC(=O)O)cn1c23. The lowest BCUT2D eigenvalue weighted by atomic mass is 10.1. The Hall–Kier alpha value is -2.19. The summed E-state index contributed by atoms with van der Waals surface area (Å²) in [6.45, 7) is 1.43. The van der Waals surface area contributed by atoms with Crippen LogP contribution in [0.3, 0.4) is 0 Å². The Labute approximate surface area is 213 Å². The van der Waals surface area contributed by atoms with Crippen LogP contribution in [0, 0.1) is 0 Å². The molecule has 4 rings (SSSR count). The van der Waals surface area contributed by atoms with Crippen molar-refractivity contribution in [2.45, 2.75) is 18.0 Å². The van der Waals surface area contributed by atoms with Crippen LogP contribution in [-0.2, 0) is 9.13 Å². The molecule has 2 aliphatic heterocycles. The predicted molar refractivity (Wildman–Crippen MR) is 130 cm³/mol. The highest BCUT2D eigenvalue weighted by Gasteiger charge is 2.60. The van der Waals surface area contributed by atoms with E-state index < -0.39 is 38.4 Å². The number of piperazine rings is 1. The molecule has 1 fully saturated rings. The lowest BCUT2D eigenvalue weighted by Gasteiger charge is -2.41. The minimum atomic E-state index is -5.60. The van der Waals surface area contributed by atoms with E-state index >= 15 is 0 Å². The van der Waals surface area contributed by atoms with Gasteiger partial charge in [-0.05, 0) is 13.0 Å². The van der Waals surface area contributed by atoms with Crippen molar-refractivity contribution in [3.05, 3.63) is 27.5 Å². The second kappa shape index (κ2) is 9.53. The Balaban J connectivity index is 1.68. The minimum absolute atomic E-state index is 0.0463. The molecule has 0 aliphatic carbocycles. The minimum Gasteiger partial charge on any atom is -0.487 e. The molecule has 3 heterocycles. The van der Waals surface area contributed by atoms with Gasteiger partial charge in [0, 0.05) is 26.2 Å². The fraction of sp³-hybridized carbons (Fsp3) is 0.474. The molecule has 0 amide bonds. The number of carboxylic acid groups (broad SMARTS) is 1. The van der Waals surface area contributed by atoms with E-state index in [2.05, 4.69) is 4.74 Å². The Kier molecular flexibility index (Phi) is 7.17. The molecule has 37 heavy (non-hydrogen) atoms. The first-order chi connectivity index (χ1) is 17.0. The number of aromatic nitrogens is 1. The molecular formula is C19H24ClN3O12P2. The van der Waals surface area contributed by atoms with Gasteiger partial charge in [-0.15, -0.1) is 0 Å². The van der Waals surface area contributed by atoms with Crippen LogP contribution < -0.4 is 19.8 Å². The molecule has 0 saturated carbocycles. The van der Waals surface area contributed by atoms with Crippen LogP contribution in [0.1, 0.15) is 13.0 Å². The van der Waals surface area contributed by atoms with E-state index in [1.165, 1.54) is 17.2 Å². The van der Waals surface area contributed by atoms with Crippen molar-refractivity contribution in [1.82, 2.24) is 9.47 Å². The second-order valence-electron chi connectivity index (χ2n) is 8.82. The van der Waals surface area contributed by atoms with Crippen LogP contribution in [0.5, 0.6) is 11.5 Å². The van der Waals surface area contributed by atoms with E-state index in [1.54, 1.807) is 16.4 Å². The highest BCUT2D eigenvalue weighted by molar-refractivity contribution is 7.72. The highest BCUT2D eigenvalue weighted by atomic mass is 35.5. The van der Waals surface area contributed by atoms with Gasteiger partial charge in [0.15, 0.2) is 11.5 Å². The summed E-state index contributed by atoms with van der Waals surface area (Å²) in [6.07, 6.45) is -0.357. The molecule has 2 aromatic rings. The number of ether oxygens (including phenoxy) is 2. The molecule has 18 heteroatoms. The molecule has 2 aliphatic rings. The van der Waals surface area contributed by atoms with Crippen molar-refractivity contribution >= 4 is 49.5 Å². The fourth-order valence-electron chi connectivity index (χ4n) is 4.43. The quantitative estimate of drug-likeness (QED) is 0.204. The van der Waals surface area contributed by atoms with Crippen LogP contribution in [0.25, 0.3) is 10.9 Å². The standard InChI is InChI=1S/C19H24ClN3O12P2/c1-10-8-34-17-14-11(16(24)13(7-23(10)14)35-18(25)26)6-12(20)15(17)22-4-2-21(3-5-22)9-19(27,36(28,29)30)37(31,32)33/h6-7,10,27H,2-5,8-9H2,1H3,(H,25,26)(H2,28,29,30)(H2,31,32,33). The number of carbonyl (C=O) groups is 1. The Morgan fingerprint density at radius 1 is 1.19 bits per heavy atom. The number of β-amino-alcohol motifs (C(OH)–C–C–N with tert-alkyl or cyclic N) is 1. The van der Waals surface area contributed by atoms with Gasteiger partial charge < -0.3 is 48.7 Å². The normalized spacial score (nSPS) is 19.1. The first-order valence-corrected chi connectivity index (χ1v) is 14.4. The first-order valence-electron chi connectivity index (χ1n) is 10.8. The molecule has 1 unspecified atom stereocenters. The molecule has 1 aromatic heterocycles. The van der Waals surface area contributed by atoms with Crippen molar-refractivity contribution in [3.63, 3.8) is 0 Å². The molecule has 15 nitrogen and oxygen atoms in total. The van der Waals surface area contributed by atoms with Crippen molar-refractivity contribution in [2.24, 2.45) is 0 Å². The van der Waals surface area contributed by atoms with E-state index in [4.69, 9.17) is 21.4 Å². The molecule has 6 N–H and O–H groups in total. The summed E-state index contributed by atoms with van der Waals surface area (Å²) in [5.41, 5.74) is 0.0988. The van der Waals surface area contributed by atoms with Crippen molar-refractivity contribution in [3.8, 4) is 11.5 Å². The van der Waals surface area contributed by atoms with Gasteiger partial charge in [-0.25, -0.2) is 4.79 Å². The van der Waals surface area contributed by atoms with Gasteiger partial charge in [-0.2, -0.15) is 0 Å². The molecule has 0 radical (unpaired) electrons. The molecule has 1 aromatic carbocycles. The second-order valence-corrected chi connectivity index (χ2v) is 13.2. The molecule has 1 saturated heterocycles. The highest BCUT2D eigenvalue weighted by Crippen LogP contribution is 2.67. The number of benzene rings is 1. The van der Waals surface area contributed by atoms with Gasteiger partial charge in [-0.1, -0.05) is 11.6 Å². The number of nitrogens with zero attached hydrogens (tertiary/aromatic N) is 3. The molecule has 0 bridgehead atoms. The largest absolute Gasteiger partial charge is 0.511 e. The van der Waals surface area contributed by atoms with Crippen LogP contribution >= 0.6 is 26.8 Å². The summed E-state index contributed by atoms with van der Waals surface area (Å²) in [5, 5.41) is 15.8. The zero-order valence-electron chi connectivity index (χ0n) is 19.2. The Morgan fingerprint density at radius 2 is 1.78 bits per heavy atom. The molecular weight excluding hydrogens is 560 g/mol. The average Bonchev–Trinajstić information content (AvgIpc) is 2.77. The Bertz CT molecular complexity index is 1390. The predicted octanol–water partition coefficient (Wildman–Crippen LogP) is 0.789. The van der Waals surface area contributed by atoms with E-state index in [0.717, 1.165) is 0 Å². The maximum absolute atomic E-state index is 12.9. The number of anilines is 1. The third kappa shape index (κ3) is 4.87. The topological polar surface area (TPSA) is 220 Å². The van der Waals surface area contributed by atoms with E-state index in [1.807, 2.05) is 0 Å². The van der Waals surface area contributed by atoms with E-state index in [-0.39, 0.29) is 60.7 Å². The lowest BCUT2D eigenvalue weighted by Crippen LogP contribution is -2.52. The average molecular weight is 584 g/mol. The van der Waals surface area contributed by atoms with Gasteiger partial charge in [0.05, 0.1) is 34.7 Å². The number of aliphatic hydroxyl groups is 1. The summed E-state index contributed by atoms with van der Waals surface area (Å²) < 4.78 is 35.6. The number of hydrogen-bond donors (Lipinski definition) is 6. The van der Waals surface area contributed by atoms with Gasteiger partial charge in [-0.3, -0.25) is 18.8 Å². The summed E-state index contributed by atoms with van der Waals surface area (Å²) in [7, 11) is -11.2. The third-order valence-corrected chi connectivity index (χ3v) is 10.4. The van der Waals surface area contributed by atoms with Crippen molar-refractivity contribution in [1.29, 1.82) is 0 Å². The number of halogens is 1. The van der Waals surface area contributed by atoms with E-state index in [9.17, 15) is 43.4 Å². The first kappa shape index (κ1) is 27.8. The summed E-state index contributed by atoms with van der Waals surface area (Å²) in [6, 6.07) is 1.09. The van der Waals surface area contributed by atoms with Gasteiger partial charge >= 0.3 is 21.3 Å². The van der Waals surface area contributed by atoms with Crippen molar-refractivity contribution < 1.29 is 53.2 Å². The zero-order chi connectivity index (χ0) is 27.5. The van der Waals surface area contributed by atoms with Gasteiger partial charge in [0.1, 0.15) is 12.3 Å². The van der Waals surface area contributed by atoms with Crippen LogP contribution in [0.15, 0.2) is 17.1 Å². The number of rotatable bonds is 6. The Morgan fingerprint density at radius 3 is 2.32 bits per heavy atom. The third-order valence-electron chi connectivity index (χ3n) is 6.36. The molecule has 204 valence electrons. The number of pyridine rings is 1. The number of hydrogen-bond acceptors (Lipinski definition) is 9. The fourth-order valence-corrected chi connectivity index (χ4v) is 6.87. The molecule has 1 atom stereocenters. The van der Waals surface area contributed by atoms with E-state index in [0.29, 0.717) is 11.2 Å². The van der Waals surface area contributed by atoms with Gasteiger partial charge in [0.2, 0.25) is 5.43 Å². The zero-order valence-corrected chi connectivity index (χ0v) is 21.8. The summed E-state index contributed by atoms with van der Waals surface area (Å²) in [5.74, 6) is -0.116. The van der Waals surface area contributed by atoms with Crippen molar-refractivity contribution in [2.75, 3.05) is 44.2 Å². The van der Waals surface area contributed by atoms with Crippen LogP contribution in [-0.4, -0.2) is 89.8 Å². The summed E-state index contributed by atoms with van der Waals surface area (Å²) in [4.78, 5) is 64.7.